The molecule has 12 heteroatoms. The number of nitrogens with zero attached hydrogens (tertiary/aromatic N) is 1. The van der Waals surface area contributed by atoms with Crippen molar-refractivity contribution >= 4 is 26.8 Å². The Labute approximate surface area is 227 Å². The van der Waals surface area contributed by atoms with Crippen molar-refractivity contribution in [1.29, 1.82) is 0 Å². The van der Waals surface area contributed by atoms with Crippen LogP contribution in [0.1, 0.15) is 30.7 Å². The lowest BCUT2D eigenvalue weighted by Crippen LogP contribution is -2.29. The Balaban J connectivity index is 1.40. The molecule has 5 rings (SSSR count). The number of aromatic nitrogens is 3. The number of benzene rings is 3. The van der Waals surface area contributed by atoms with Crippen molar-refractivity contribution in [2.24, 2.45) is 0 Å². The van der Waals surface area contributed by atoms with Gasteiger partial charge >= 0.3 is 0 Å². The summed E-state index contributed by atoms with van der Waals surface area (Å²) in [6, 6.07) is 15.4. The van der Waals surface area contributed by atoms with Crippen molar-refractivity contribution in [3.05, 3.63) is 102 Å². The fraction of sp³-hybridized carbons (Fsp3) is 0.143. The van der Waals surface area contributed by atoms with E-state index in [1.807, 2.05) is 4.72 Å². The van der Waals surface area contributed by atoms with Crippen LogP contribution in [0.15, 0.2) is 73.1 Å². The molecule has 1 amide bonds. The summed E-state index contributed by atoms with van der Waals surface area (Å²) in [7, 11) is -3.89. The van der Waals surface area contributed by atoms with E-state index in [1.165, 1.54) is 31.5 Å². The van der Waals surface area contributed by atoms with Crippen LogP contribution in [0.5, 0.6) is 11.5 Å². The smallest absolute Gasteiger partial charge is 0.239 e. The lowest BCUT2D eigenvalue weighted by Gasteiger charge is -2.23. The lowest BCUT2D eigenvalue weighted by molar-refractivity contribution is -0.117. The van der Waals surface area contributed by atoms with Gasteiger partial charge in [0.25, 0.3) is 0 Å². The number of nitrogens with one attached hydrogen (secondary N) is 3. The first-order chi connectivity index (χ1) is 18.9. The van der Waals surface area contributed by atoms with Crippen LogP contribution < -0.4 is 9.46 Å². The maximum Gasteiger partial charge on any atom is 0.239 e. The summed E-state index contributed by atoms with van der Waals surface area (Å²) in [5, 5.41) is 11.6. The van der Waals surface area contributed by atoms with Gasteiger partial charge in [-0.1, -0.05) is 36.4 Å². The minimum atomic E-state index is -3.89. The maximum atomic E-state index is 14.9. The predicted molar refractivity (Wildman–Crippen MR) is 144 cm³/mol. The second kappa shape index (κ2) is 10.2. The highest BCUT2D eigenvalue weighted by atomic mass is 32.2. The van der Waals surface area contributed by atoms with Gasteiger partial charge in [-0.05, 0) is 36.2 Å². The molecule has 0 saturated heterocycles. The molecule has 4 N–H and O–H groups in total. The van der Waals surface area contributed by atoms with Gasteiger partial charge in [-0.2, -0.15) is 0 Å². The highest BCUT2D eigenvalue weighted by Crippen LogP contribution is 2.35. The van der Waals surface area contributed by atoms with Crippen molar-refractivity contribution in [3.8, 4) is 22.9 Å². The van der Waals surface area contributed by atoms with E-state index < -0.39 is 44.7 Å². The number of aromatic amines is 2. The predicted octanol–water partition coefficient (Wildman–Crippen LogP) is 4.85. The number of H-pyrrole nitrogens is 2. The van der Waals surface area contributed by atoms with Gasteiger partial charge in [0, 0.05) is 30.1 Å². The molecular weight excluding hydrogens is 542 g/mol. The minimum absolute atomic E-state index is 0.169. The Morgan fingerprint density at radius 2 is 1.90 bits per heavy atom. The van der Waals surface area contributed by atoms with Crippen LogP contribution in [-0.4, -0.2) is 34.4 Å². The van der Waals surface area contributed by atoms with Gasteiger partial charge in [-0.25, -0.2) is 22.2 Å². The number of sulfonamides is 1. The van der Waals surface area contributed by atoms with Crippen molar-refractivity contribution < 1.29 is 31.8 Å². The zero-order valence-electron chi connectivity index (χ0n) is 21.3. The summed E-state index contributed by atoms with van der Waals surface area (Å²) >= 11 is 0. The van der Waals surface area contributed by atoms with Crippen LogP contribution in [0.3, 0.4) is 0 Å². The summed E-state index contributed by atoms with van der Waals surface area (Å²) in [4.78, 5) is 21.3. The molecule has 0 bridgehead atoms. The molecule has 0 aliphatic heterocycles. The Morgan fingerprint density at radius 3 is 2.67 bits per heavy atom. The van der Waals surface area contributed by atoms with E-state index in [4.69, 9.17) is 4.74 Å². The zero-order valence-corrected chi connectivity index (χ0v) is 22.1. The van der Waals surface area contributed by atoms with E-state index in [0.717, 1.165) is 13.0 Å². The summed E-state index contributed by atoms with van der Waals surface area (Å²) in [6.07, 6.45) is 2.94. The Kier molecular flexibility index (Phi) is 6.90. The first-order valence-corrected chi connectivity index (χ1v) is 13.7. The Bertz CT molecular complexity index is 1850. The number of ether oxygens (including phenoxy) is 1. The first kappa shape index (κ1) is 27.0. The molecule has 0 aliphatic carbocycles. The maximum absolute atomic E-state index is 14.9. The van der Waals surface area contributed by atoms with Gasteiger partial charge in [0.05, 0.1) is 23.2 Å². The lowest BCUT2D eigenvalue weighted by atomic mass is 9.92. The SMILES string of the molecule is CC(=O)NS(=O)(=O)Cc1cccc(C(C)(O)c2cnc(-c3cccc(Oc4c(F)cc5[nH]ccc5c4F)c3)[nH]2)c1. The van der Waals surface area contributed by atoms with Crippen LogP contribution in [0.2, 0.25) is 0 Å². The molecule has 5 aromatic rings. The highest BCUT2D eigenvalue weighted by Gasteiger charge is 2.29. The first-order valence-electron chi connectivity index (χ1n) is 12.0. The number of hydrogen-bond acceptors (Lipinski definition) is 6. The van der Waals surface area contributed by atoms with Crippen molar-refractivity contribution in [2.45, 2.75) is 25.2 Å². The molecule has 1 atom stereocenters. The van der Waals surface area contributed by atoms with Crippen LogP contribution in [-0.2, 0) is 26.2 Å². The molecule has 1 unspecified atom stereocenters. The van der Waals surface area contributed by atoms with Crippen LogP contribution >= 0.6 is 0 Å². The highest BCUT2D eigenvalue weighted by molar-refractivity contribution is 7.89. The standard InChI is InChI=1S/C28H24F2N4O5S/c1-16(35)34-40(37,38)15-17-5-3-7-19(11-17)28(2,36)24-14-32-27(33-24)18-6-4-8-20(12-18)39-26-22(29)13-23-21(25(26)30)9-10-31-23/h3-14,31,36H,15H2,1-2H3,(H,32,33)(H,34,35). The molecule has 0 aliphatic rings. The van der Waals surface area contributed by atoms with Crippen molar-refractivity contribution in [1.82, 2.24) is 19.7 Å². The Hall–Kier alpha value is -4.55. The minimum Gasteiger partial charge on any atom is -0.451 e. The number of rotatable bonds is 8. The van der Waals surface area contributed by atoms with Gasteiger partial charge in [-0.3, -0.25) is 9.52 Å². The van der Waals surface area contributed by atoms with Crippen LogP contribution in [0, 0.1) is 11.6 Å². The third-order valence-electron chi connectivity index (χ3n) is 6.28. The van der Waals surface area contributed by atoms with E-state index in [-0.39, 0.29) is 11.1 Å². The Morgan fingerprint density at radius 1 is 1.12 bits per heavy atom. The van der Waals surface area contributed by atoms with E-state index in [9.17, 15) is 27.1 Å². The van der Waals surface area contributed by atoms with Crippen LogP contribution in [0.25, 0.3) is 22.3 Å². The normalized spacial score (nSPS) is 13.2. The molecule has 206 valence electrons. The summed E-state index contributed by atoms with van der Waals surface area (Å²) < 4.78 is 61.2. The monoisotopic (exact) mass is 566 g/mol. The van der Waals surface area contributed by atoms with Gasteiger partial charge in [0.2, 0.25) is 15.9 Å². The van der Waals surface area contributed by atoms with E-state index in [2.05, 4.69) is 15.0 Å². The van der Waals surface area contributed by atoms with Crippen molar-refractivity contribution in [2.75, 3.05) is 0 Å². The average Bonchev–Trinajstić information content (AvgIpc) is 3.56. The van der Waals surface area contributed by atoms with E-state index in [1.54, 1.807) is 42.5 Å². The van der Waals surface area contributed by atoms with E-state index >= 15 is 0 Å². The number of halogens is 2. The van der Waals surface area contributed by atoms with Gasteiger partial charge < -0.3 is 19.8 Å². The number of imidazole rings is 1. The zero-order chi connectivity index (χ0) is 28.7. The fourth-order valence-corrected chi connectivity index (χ4v) is 5.47. The average molecular weight is 567 g/mol. The molecule has 0 saturated carbocycles. The third kappa shape index (κ3) is 5.44. The van der Waals surface area contributed by atoms with E-state index in [0.29, 0.717) is 33.7 Å². The third-order valence-corrected chi connectivity index (χ3v) is 7.59. The molecular formula is C28H24F2N4O5S. The molecule has 0 radical (unpaired) electrons. The molecule has 0 spiro atoms. The van der Waals surface area contributed by atoms with Gasteiger partial charge in [0.1, 0.15) is 17.2 Å². The number of amides is 1. The van der Waals surface area contributed by atoms with Gasteiger partial charge in [-0.15, -0.1) is 0 Å². The number of hydrogen-bond donors (Lipinski definition) is 4. The largest absolute Gasteiger partial charge is 0.451 e. The fourth-order valence-electron chi connectivity index (χ4n) is 4.34. The molecule has 3 aromatic carbocycles. The van der Waals surface area contributed by atoms with Crippen LogP contribution in [0.4, 0.5) is 8.78 Å². The number of carbonyl (C=O) groups is 1. The molecule has 2 aromatic heterocycles. The van der Waals surface area contributed by atoms with Gasteiger partial charge in [0.15, 0.2) is 17.4 Å². The summed E-state index contributed by atoms with van der Waals surface area (Å²) in [6.45, 7) is 2.63. The number of aliphatic hydroxyl groups is 1. The number of carbonyl (C=O) groups excluding carboxylic acids is 1. The molecule has 40 heavy (non-hydrogen) atoms. The number of fused-ring (bicyclic) bond motifs is 1. The molecule has 9 nitrogen and oxygen atoms in total. The topological polar surface area (TPSA) is 137 Å². The second-order valence-electron chi connectivity index (χ2n) is 9.41. The molecule has 0 fully saturated rings. The molecule has 2 heterocycles. The quantitative estimate of drug-likeness (QED) is 0.212. The summed E-state index contributed by atoms with van der Waals surface area (Å²) in [5.74, 6) is -2.84. The van der Waals surface area contributed by atoms with Crippen molar-refractivity contribution in [3.63, 3.8) is 0 Å². The summed E-state index contributed by atoms with van der Waals surface area (Å²) in [5.41, 5.74) is 0.315. The second-order valence-corrected chi connectivity index (χ2v) is 11.1.